The van der Waals surface area contributed by atoms with Crippen LogP contribution in [0, 0.1) is 0 Å². The SMILES string of the molecule is O=C(c1ccc2c(c1)CCO2)N(Cc1ccccc1)Cc1nccs1. The van der Waals surface area contributed by atoms with Gasteiger partial charge in [0.1, 0.15) is 10.8 Å². The summed E-state index contributed by atoms with van der Waals surface area (Å²) in [4.78, 5) is 19.3. The van der Waals surface area contributed by atoms with E-state index in [4.69, 9.17) is 4.74 Å². The minimum absolute atomic E-state index is 0.0220. The second-order valence-corrected chi connectivity index (χ2v) is 6.97. The first kappa shape index (κ1) is 15.8. The number of aromatic nitrogens is 1. The molecule has 2 heterocycles. The number of carbonyl (C=O) groups is 1. The number of ether oxygens (including phenoxy) is 1. The average Bonchev–Trinajstić information content (AvgIpc) is 3.32. The summed E-state index contributed by atoms with van der Waals surface area (Å²) in [5, 5.41) is 2.88. The minimum Gasteiger partial charge on any atom is -0.493 e. The van der Waals surface area contributed by atoms with Crippen molar-refractivity contribution < 1.29 is 9.53 Å². The van der Waals surface area contributed by atoms with Gasteiger partial charge in [-0.1, -0.05) is 30.3 Å². The lowest BCUT2D eigenvalue weighted by molar-refractivity contribution is 0.0730. The Balaban J connectivity index is 1.61. The number of rotatable bonds is 5. The molecule has 0 fully saturated rings. The molecule has 25 heavy (non-hydrogen) atoms. The highest BCUT2D eigenvalue weighted by Gasteiger charge is 2.20. The number of fused-ring (bicyclic) bond motifs is 1. The molecule has 2 aromatic carbocycles. The summed E-state index contributed by atoms with van der Waals surface area (Å²) < 4.78 is 5.54. The van der Waals surface area contributed by atoms with E-state index in [0.29, 0.717) is 25.3 Å². The Morgan fingerprint density at radius 3 is 2.84 bits per heavy atom. The van der Waals surface area contributed by atoms with E-state index in [-0.39, 0.29) is 5.91 Å². The van der Waals surface area contributed by atoms with Gasteiger partial charge < -0.3 is 9.64 Å². The summed E-state index contributed by atoms with van der Waals surface area (Å²) in [6.45, 7) is 1.77. The topological polar surface area (TPSA) is 42.4 Å². The van der Waals surface area contributed by atoms with Crippen LogP contribution in [0.15, 0.2) is 60.1 Å². The zero-order valence-corrected chi connectivity index (χ0v) is 14.5. The van der Waals surface area contributed by atoms with E-state index in [0.717, 1.165) is 28.3 Å². The van der Waals surface area contributed by atoms with Gasteiger partial charge in [0.05, 0.1) is 13.2 Å². The Labute approximate surface area is 150 Å². The van der Waals surface area contributed by atoms with E-state index in [9.17, 15) is 4.79 Å². The van der Waals surface area contributed by atoms with Crippen molar-refractivity contribution >= 4 is 17.2 Å². The van der Waals surface area contributed by atoms with Crippen LogP contribution in [0.5, 0.6) is 5.75 Å². The molecule has 0 bridgehead atoms. The van der Waals surface area contributed by atoms with Gasteiger partial charge in [0.25, 0.3) is 5.91 Å². The van der Waals surface area contributed by atoms with Gasteiger partial charge in [-0.3, -0.25) is 4.79 Å². The Bertz CT molecular complexity index is 863. The summed E-state index contributed by atoms with van der Waals surface area (Å²) in [5.41, 5.74) is 2.92. The lowest BCUT2D eigenvalue weighted by atomic mass is 10.1. The molecule has 126 valence electrons. The fraction of sp³-hybridized carbons (Fsp3) is 0.200. The molecule has 0 aliphatic carbocycles. The molecule has 4 rings (SSSR count). The summed E-state index contributed by atoms with van der Waals surface area (Å²) in [6, 6.07) is 15.8. The third-order valence-electron chi connectivity index (χ3n) is 4.25. The quantitative estimate of drug-likeness (QED) is 0.700. The summed E-state index contributed by atoms with van der Waals surface area (Å²) in [7, 11) is 0. The van der Waals surface area contributed by atoms with Crippen LogP contribution in [-0.2, 0) is 19.5 Å². The second-order valence-electron chi connectivity index (χ2n) is 5.99. The highest BCUT2D eigenvalue weighted by Crippen LogP contribution is 2.27. The monoisotopic (exact) mass is 350 g/mol. The van der Waals surface area contributed by atoms with Gasteiger partial charge in [-0.2, -0.15) is 0 Å². The van der Waals surface area contributed by atoms with Crippen LogP contribution in [0.2, 0.25) is 0 Å². The molecule has 1 aromatic heterocycles. The zero-order chi connectivity index (χ0) is 17.1. The number of hydrogen-bond acceptors (Lipinski definition) is 4. The molecule has 1 amide bonds. The third kappa shape index (κ3) is 3.56. The van der Waals surface area contributed by atoms with E-state index >= 15 is 0 Å². The number of carbonyl (C=O) groups excluding carboxylic acids is 1. The van der Waals surface area contributed by atoms with Crippen molar-refractivity contribution in [2.24, 2.45) is 0 Å². The van der Waals surface area contributed by atoms with Crippen molar-refractivity contribution in [3.05, 3.63) is 81.8 Å². The van der Waals surface area contributed by atoms with Gasteiger partial charge >= 0.3 is 0 Å². The second kappa shape index (κ2) is 7.07. The predicted octanol–water partition coefficient (Wildman–Crippen LogP) is 3.92. The van der Waals surface area contributed by atoms with E-state index < -0.39 is 0 Å². The summed E-state index contributed by atoms with van der Waals surface area (Å²) >= 11 is 1.57. The standard InChI is InChI=1S/C20H18N2O2S/c23-20(17-6-7-18-16(12-17)8-10-24-18)22(14-19-21-9-11-25-19)13-15-4-2-1-3-5-15/h1-7,9,11-12H,8,10,13-14H2. The minimum atomic E-state index is 0.0220. The number of benzene rings is 2. The Morgan fingerprint density at radius 1 is 1.16 bits per heavy atom. The van der Waals surface area contributed by atoms with E-state index in [1.807, 2.05) is 58.8 Å². The molecule has 1 aliphatic heterocycles. The number of amides is 1. The first-order valence-electron chi connectivity index (χ1n) is 8.27. The molecular weight excluding hydrogens is 332 g/mol. The Kier molecular flexibility index (Phi) is 4.48. The zero-order valence-electron chi connectivity index (χ0n) is 13.7. The van der Waals surface area contributed by atoms with Crippen LogP contribution in [0.3, 0.4) is 0 Å². The Morgan fingerprint density at radius 2 is 2.04 bits per heavy atom. The number of hydrogen-bond donors (Lipinski definition) is 0. The molecule has 0 saturated heterocycles. The van der Waals surface area contributed by atoms with Crippen molar-refractivity contribution in [2.45, 2.75) is 19.5 Å². The highest BCUT2D eigenvalue weighted by molar-refractivity contribution is 7.09. The molecule has 0 spiro atoms. The lowest BCUT2D eigenvalue weighted by Crippen LogP contribution is -2.30. The van der Waals surface area contributed by atoms with Crippen molar-refractivity contribution in [1.29, 1.82) is 0 Å². The van der Waals surface area contributed by atoms with E-state index in [1.54, 1.807) is 17.5 Å². The van der Waals surface area contributed by atoms with Gasteiger partial charge in [-0.25, -0.2) is 4.98 Å². The maximum Gasteiger partial charge on any atom is 0.254 e. The number of nitrogens with zero attached hydrogens (tertiary/aromatic N) is 2. The van der Waals surface area contributed by atoms with Crippen LogP contribution in [0.1, 0.15) is 26.5 Å². The van der Waals surface area contributed by atoms with Gasteiger partial charge in [0.15, 0.2) is 0 Å². The molecule has 0 unspecified atom stereocenters. The van der Waals surface area contributed by atoms with Crippen LogP contribution >= 0.6 is 11.3 Å². The highest BCUT2D eigenvalue weighted by atomic mass is 32.1. The van der Waals surface area contributed by atoms with Crippen molar-refractivity contribution in [3.8, 4) is 5.75 Å². The van der Waals surface area contributed by atoms with Crippen LogP contribution in [-0.4, -0.2) is 22.4 Å². The first-order chi connectivity index (χ1) is 12.3. The van der Waals surface area contributed by atoms with Gasteiger partial charge in [0, 0.05) is 30.1 Å². The average molecular weight is 350 g/mol. The smallest absolute Gasteiger partial charge is 0.254 e. The van der Waals surface area contributed by atoms with Crippen molar-refractivity contribution in [3.63, 3.8) is 0 Å². The molecule has 3 aromatic rings. The molecule has 0 N–H and O–H groups in total. The molecule has 1 aliphatic rings. The molecule has 0 atom stereocenters. The van der Waals surface area contributed by atoms with E-state index in [2.05, 4.69) is 4.98 Å². The largest absolute Gasteiger partial charge is 0.493 e. The molecule has 5 heteroatoms. The molecule has 4 nitrogen and oxygen atoms in total. The van der Waals surface area contributed by atoms with Gasteiger partial charge in [-0.15, -0.1) is 11.3 Å². The number of thiazole rings is 1. The van der Waals surface area contributed by atoms with Gasteiger partial charge in [0.2, 0.25) is 0 Å². The van der Waals surface area contributed by atoms with Crippen molar-refractivity contribution in [2.75, 3.05) is 6.61 Å². The first-order valence-corrected chi connectivity index (χ1v) is 9.15. The normalized spacial score (nSPS) is 12.5. The predicted molar refractivity (Wildman–Crippen MR) is 97.8 cm³/mol. The fourth-order valence-corrected chi connectivity index (χ4v) is 3.63. The Hall–Kier alpha value is -2.66. The van der Waals surface area contributed by atoms with Crippen LogP contribution in [0.25, 0.3) is 0 Å². The fourth-order valence-electron chi connectivity index (χ4n) is 3.00. The third-order valence-corrected chi connectivity index (χ3v) is 5.01. The summed E-state index contributed by atoms with van der Waals surface area (Å²) in [6.07, 6.45) is 2.64. The van der Waals surface area contributed by atoms with E-state index in [1.165, 1.54) is 0 Å². The van der Waals surface area contributed by atoms with Crippen molar-refractivity contribution in [1.82, 2.24) is 9.88 Å². The van der Waals surface area contributed by atoms with Crippen LogP contribution < -0.4 is 4.74 Å². The van der Waals surface area contributed by atoms with Crippen LogP contribution in [0.4, 0.5) is 0 Å². The lowest BCUT2D eigenvalue weighted by Gasteiger charge is -2.22. The maximum atomic E-state index is 13.1. The molecular formula is C20H18N2O2S. The maximum absolute atomic E-state index is 13.1. The molecule has 0 radical (unpaired) electrons. The summed E-state index contributed by atoms with van der Waals surface area (Å²) in [5.74, 6) is 0.917. The molecule has 0 saturated carbocycles. The van der Waals surface area contributed by atoms with Gasteiger partial charge in [-0.05, 0) is 29.3 Å².